The Morgan fingerprint density at radius 3 is 2.07 bits per heavy atom. The molecule has 0 aromatic heterocycles. The maximum Gasteiger partial charge on any atom is 0.0240 e. The highest BCUT2D eigenvalue weighted by Gasteiger charge is 2.44. The smallest absolute Gasteiger partial charge is 0.0240 e. The molecule has 2 heterocycles. The maximum atomic E-state index is 5.58. The summed E-state index contributed by atoms with van der Waals surface area (Å²) in [6.07, 6.45) is 9.72. The number of nitrogens with two attached hydrogens (primary N) is 1. The first kappa shape index (κ1) is 9.13. The van der Waals surface area contributed by atoms with Gasteiger partial charge in [0.15, 0.2) is 0 Å². The van der Waals surface area contributed by atoms with Gasteiger partial charge in [0.05, 0.1) is 0 Å². The lowest BCUT2D eigenvalue weighted by molar-refractivity contribution is 0.0175. The predicted molar refractivity (Wildman–Crippen MR) is 56.6 cm³/mol. The molecule has 1 saturated carbocycles. The minimum absolute atomic E-state index is 0.584. The molecule has 2 atom stereocenters. The SMILES string of the molecule is NNC1C[C@H]2CCC[C@H](C1)N2C1CC1. The molecule has 2 saturated heterocycles. The van der Waals surface area contributed by atoms with Gasteiger partial charge in [-0.25, -0.2) is 0 Å². The van der Waals surface area contributed by atoms with Crippen LogP contribution in [0.3, 0.4) is 0 Å². The Hall–Kier alpha value is -0.120. The van der Waals surface area contributed by atoms with E-state index in [1.165, 1.54) is 44.9 Å². The summed E-state index contributed by atoms with van der Waals surface area (Å²) in [4.78, 5) is 2.83. The first-order chi connectivity index (χ1) is 6.88. The molecule has 14 heavy (non-hydrogen) atoms. The van der Waals surface area contributed by atoms with Crippen molar-refractivity contribution in [2.45, 2.75) is 69.1 Å². The molecule has 0 aromatic carbocycles. The molecule has 2 bridgehead atoms. The molecule has 3 aliphatic rings. The van der Waals surface area contributed by atoms with Crippen molar-refractivity contribution in [2.75, 3.05) is 0 Å². The van der Waals surface area contributed by atoms with E-state index < -0.39 is 0 Å². The Morgan fingerprint density at radius 1 is 0.929 bits per heavy atom. The Bertz CT molecular complexity index is 201. The number of hydrogen-bond donors (Lipinski definition) is 2. The number of nitrogens with zero attached hydrogens (tertiary/aromatic N) is 1. The van der Waals surface area contributed by atoms with Crippen LogP contribution in [0.15, 0.2) is 0 Å². The molecule has 3 rings (SSSR count). The van der Waals surface area contributed by atoms with Gasteiger partial charge in [-0.2, -0.15) is 0 Å². The molecule has 0 spiro atoms. The van der Waals surface area contributed by atoms with Gasteiger partial charge in [-0.3, -0.25) is 16.2 Å². The van der Waals surface area contributed by atoms with E-state index in [0.717, 1.165) is 18.1 Å². The molecular formula is C11H21N3. The second kappa shape index (κ2) is 3.47. The number of hydrazine groups is 1. The molecule has 0 radical (unpaired) electrons. The molecule has 1 aliphatic carbocycles. The second-order valence-electron chi connectivity index (χ2n) is 5.25. The van der Waals surface area contributed by atoms with Crippen molar-refractivity contribution in [3.63, 3.8) is 0 Å². The number of nitrogens with one attached hydrogen (secondary N) is 1. The number of rotatable bonds is 2. The Balaban J connectivity index is 1.74. The summed E-state index contributed by atoms with van der Waals surface area (Å²) >= 11 is 0. The predicted octanol–water partition coefficient (Wildman–Crippen LogP) is 0.998. The summed E-state index contributed by atoms with van der Waals surface area (Å²) in [7, 11) is 0. The first-order valence-corrected chi connectivity index (χ1v) is 6.12. The van der Waals surface area contributed by atoms with Gasteiger partial charge in [-0.15, -0.1) is 0 Å². The van der Waals surface area contributed by atoms with E-state index in [1.807, 2.05) is 0 Å². The van der Waals surface area contributed by atoms with Crippen molar-refractivity contribution in [2.24, 2.45) is 5.84 Å². The molecular weight excluding hydrogens is 174 g/mol. The highest BCUT2D eigenvalue weighted by Crippen LogP contribution is 2.41. The van der Waals surface area contributed by atoms with Crippen molar-refractivity contribution in [3.8, 4) is 0 Å². The van der Waals surface area contributed by atoms with Crippen LogP contribution in [0.1, 0.15) is 44.9 Å². The van der Waals surface area contributed by atoms with Crippen molar-refractivity contribution in [1.82, 2.24) is 10.3 Å². The first-order valence-electron chi connectivity index (χ1n) is 6.12. The van der Waals surface area contributed by atoms with Gasteiger partial charge >= 0.3 is 0 Å². The third kappa shape index (κ3) is 1.47. The van der Waals surface area contributed by atoms with Gasteiger partial charge < -0.3 is 0 Å². The van der Waals surface area contributed by atoms with Crippen LogP contribution in [-0.4, -0.2) is 29.1 Å². The average molecular weight is 195 g/mol. The Kier molecular flexibility index (Phi) is 2.26. The van der Waals surface area contributed by atoms with Crippen LogP contribution < -0.4 is 11.3 Å². The van der Waals surface area contributed by atoms with Gasteiger partial charge in [0.1, 0.15) is 0 Å². The summed E-state index contributed by atoms with van der Waals surface area (Å²) in [5, 5.41) is 0. The molecule has 0 unspecified atom stereocenters. The van der Waals surface area contributed by atoms with Crippen LogP contribution in [0, 0.1) is 0 Å². The summed E-state index contributed by atoms with van der Waals surface area (Å²) in [5.74, 6) is 5.58. The highest BCUT2D eigenvalue weighted by atomic mass is 15.3. The van der Waals surface area contributed by atoms with Crippen molar-refractivity contribution in [1.29, 1.82) is 0 Å². The summed E-state index contributed by atoms with van der Waals surface area (Å²) in [6, 6.07) is 3.22. The van der Waals surface area contributed by atoms with E-state index in [2.05, 4.69) is 10.3 Å². The fraction of sp³-hybridized carbons (Fsp3) is 1.00. The van der Waals surface area contributed by atoms with Crippen molar-refractivity contribution in [3.05, 3.63) is 0 Å². The van der Waals surface area contributed by atoms with Crippen molar-refractivity contribution < 1.29 is 0 Å². The van der Waals surface area contributed by atoms with Crippen LogP contribution in [0.25, 0.3) is 0 Å². The maximum absolute atomic E-state index is 5.58. The monoisotopic (exact) mass is 195 g/mol. The van der Waals surface area contributed by atoms with Gasteiger partial charge in [0, 0.05) is 24.2 Å². The van der Waals surface area contributed by atoms with E-state index in [0.29, 0.717) is 6.04 Å². The van der Waals surface area contributed by atoms with Gasteiger partial charge in [-0.05, 0) is 38.5 Å². The molecule has 80 valence electrons. The normalized spacial score (nSPS) is 43.9. The minimum atomic E-state index is 0.584. The highest BCUT2D eigenvalue weighted by molar-refractivity contribution is 5.00. The van der Waals surface area contributed by atoms with Crippen LogP contribution >= 0.6 is 0 Å². The average Bonchev–Trinajstić information content (AvgIpc) is 2.99. The van der Waals surface area contributed by atoms with E-state index in [-0.39, 0.29) is 0 Å². The minimum Gasteiger partial charge on any atom is -0.294 e. The molecule has 2 aliphatic heterocycles. The van der Waals surface area contributed by atoms with Gasteiger partial charge in [0.2, 0.25) is 0 Å². The van der Waals surface area contributed by atoms with Crippen LogP contribution in [-0.2, 0) is 0 Å². The number of hydrogen-bond acceptors (Lipinski definition) is 3. The van der Waals surface area contributed by atoms with E-state index >= 15 is 0 Å². The standard InChI is InChI=1S/C11H21N3/c12-13-8-6-10-2-1-3-11(7-8)14(10)9-4-5-9/h8-11,13H,1-7,12H2/t10-,11-/m1/s1. The summed E-state index contributed by atoms with van der Waals surface area (Å²) < 4.78 is 0. The quantitative estimate of drug-likeness (QED) is 0.510. The summed E-state index contributed by atoms with van der Waals surface area (Å²) in [6.45, 7) is 0. The van der Waals surface area contributed by atoms with Crippen LogP contribution in [0.4, 0.5) is 0 Å². The van der Waals surface area contributed by atoms with Gasteiger partial charge in [-0.1, -0.05) is 6.42 Å². The molecule has 0 amide bonds. The molecule has 3 N–H and O–H groups in total. The van der Waals surface area contributed by atoms with Crippen molar-refractivity contribution >= 4 is 0 Å². The fourth-order valence-corrected chi connectivity index (χ4v) is 3.52. The molecule has 3 fully saturated rings. The number of fused-ring (bicyclic) bond motifs is 2. The zero-order chi connectivity index (χ0) is 9.54. The van der Waals surface area contributed by atoms with Gasteiger partial charge in [0.25, 0.3) is 0 Å². The lowest BCUT2D eigenvalue weighted by Crippen LogP contribution is -2.57. The molecule has 3 nitrogen and oxygen atoms in total. The molecule has 3 heteroatoms. The third-order valence-corrected chi connectivity index (χ3v) is 4.24. The zero-order valence-electron chi connectivity index (χ0n) is 8.78. The van der Waals surface area contributed by atoms with Crippen LogP contribution in [0.2, 0.25) is 0 Å². The third-order valence-electron chi connectivity index (χ3n) is 4.24. The zero-order valence-corrected chi connectivity index (χ0v) is 8.78. The number of piperidine rings is 2. The Labute approximate surface area is 86.0 Å². The lowest BCUT2D eigenvalue weighted by atomic mass is 9.82. The lowest BCUT2D eigenvalue weighted by Gasteiger charge is -2.49. The largest absolute Gasteiger partial charge is 0.294 e. The second-order valence-corrected chi connectivity index (χ2v) is 5.25. The fourth-order valence-electron chi connectivity index (χ4n) is 3.52. The van der Waals surface area contributed by atoms with Crippen LogP contribution in [0.5, 0.6) is 0 Å². The van der Waals surface area contributed by atoms with E-state index in [1.54, 1.807) is 0 Å². The molecule has 0 aromatic rings. The summed E-state index contributed by atoms with van der Waals surface area (Å²) in [5.41, 5.74) is 2.99. The van der Waals surface area contributed by atoms with E-state index in [9.17, 15) is 0 Å². The topological polar surface area (TPSA) is 41.3 Å². The Morgan fingerprint density at radius 2 is 1.57 bits per heavy atom. The van der Waals surface area contributed by atoms with E-state index in [4.69, 9.17) is 5.84 Å².